The van der Waals surface area contributed by atoms with Crippen molar-refractivity contribution in [2.24, 2.45) is 0 Å². The van der Waals surface area contributed by atoms with Crippen molar-refractivity contribution in [3.05, 3.63) is 41.5 Å². The monoisotopic (exact) mass is 791 g/mol. The van der Waals surface area contributed by atoms with Gasteiger partial charge in [0.25, 0.3) is 0 Å². The zero-order valence-electron chi connectivity index (χ0n) is 36.5. The molecule has 320 valence electrons. The fourth-order valence-corrected chi connectivity index (χ4v) is 5.93. The maximum absolute atomic E-state index is 12.7. The van der Waals surface area contributed by atoms with Crippen LogP contribution in [0.1, 0.15) is 119 Å². The van der Waals surface area contributed by atoms with Gasteiger partial charge < -0.3 is 23.8 Å². The van der Waals surface area contributed by atoms with E-state index < -0.39 is 23.4 Å². The summed E-state index contributed by atoms with van der Waals surface area (Å²) < 4.78 is 21.1. The third-order valence-corrected chi connectivity index (χ3v) is 8.44. The molecule has 1 unspecified atom stereocenters. The molecule has 1 aromatic carbocycles. The average molecular weight is 791 g/mol. The van der Waals surface area contributed by atoms with Crippen LogP contribution in [0.25, 0.3) is 6.08 Å². The zero-order valence-corrected chi connectivity index (χ0v) is 36.5. The smallest absolute Gasteiger partial charge is 0.444 e. The first-order chi connectivity index (χ1) is 26.4. The van der Waals surface area contributed by atoms with Gasteiger partial charge in [0.15, 0.2) is 0 Å². The lowest BCUT2D eigenvalue weighted by molar-refractivity contribution is -0.148. The third-order valence-electron chi connectivity index (χ3n) is 8.44. The first-order valence-electron chi connectivity index (χ1n) is 20.6. The molecule has 1 aromatic rings. The minimum Gasteiger partial charge on any atom is -0.465 e. The van der Waals surface area contributed by atoms with E-state index in [0.29, 0.717) is 44.2 Å². The van der Waals surface area contributed by atoms with Crippen molar-refractivity contribution in [2.45, 2.75) is 132 Å². The van der Waals surface area contributed by atoms with Crippen LogP contribution in [-0.4, -0.2) is 133 Å². The normalized spacial score (nSPS) is 12.7. The molecule has 13 nitrogen and oxygen atoms in total. The minimum atomic E-state index is -0.920. The molecule has 0 radical (unpaired) electrons. The summed E-state index contributed by atoms with van der Waals surface area (Å²) in [7, 11) is 0. The molecule has 0 fully saturated rings. The number of ether oxygens (including phenoxy) is 4. The molecule has 13 heteroatoms. The Bertz CT molecular complexity index is 1250. The van der Waals surface area contributed by atoms with E-state index in [4.69, 9.17) is 23.8 Å². The van der Waals surface area contributed by atoms with E-state index in [1.165, 1.54) is 0 Å². The predicted octanol–water partition coefficient (Wildman–Crippen LogP) is 7.76. The molecular formula is C43H74N4O9. The fourth-order valence-electron chi connectivity index (χ4n) is 5.93. The quantitative estimate of drug-likeness (QED) is 0.0394. The molecule has 1 atom stereocenters. The van der Waals surface area contributed by atoms with Crippen molar-refractivity contribution in [3.8, 4) is 0 Å². The summed E-state index contributed by atoms with van der Waals surface area (Å²) in [6.45, 7) is 26.4. The Morgan fingerprint density at radius 1 is 0.679 bits per heavy atom. The van der Waals surface area contributed by atoms with Gasteiger partial charge in [-0.2, -0.15) is 0 Å². The molecule has 0 bridgehead atoms. The Morgan fingerprint density at radius 3 is 1.62 bits per heavy atom. The number of nitrogens with zero attached hydrogens (tertiary/aromatic N) is 4. The first-order valence-corrected chi connectivity index (χ1v) is 20.6. The van der Waals surface area contributed by atoms with Crippen LogP contribution in [-0.2, 0) is 39.8 Å². The van der Waals surface area contributed by atoms with E-state index in [1.807, 2.05) is 4.90 Å². The second kappa shape index (κ2) is 27.2. The van der Waals surface area contributed by atoms with E-state index in [0.717, 1.165) is 63.0 Å². The van der Waals surface area contributed by atoms with Crippen LogP contribution < -0.4 is 0 Å². The molecule has 0 aliphatic carbocycles. The van der Waals surface area contributed by atoms with Crippen molar-refractivity contribution in [1.29, 1.82) is 0 Å². The number of carbonyl (C=O) groups is 4. The van der Waals surface area contributed by atoms with Crippen molar-refractivity contribution in [1.82, 2.24) is 19.8 Å². The Balaban J connectivity index is 2.97. The molecule has 0 saturated carbocycles. The van der Waals surface area contributed by atoms with Crippen LogP contribution in [0, 0.1) is 0 Å². The summed E-state index contributed by atoms with van der Waals surface area (Å²) >= 11 is 0. The molecule has 2 amide bonds. The highest BCUT2D eigenvalue weighted by Gasteiger charge is 2.32. The lowest BCUT2D eigenvalue weighted by atomic mass is 10.1. The molecule has 1 rings (SSSR count). The van der Waals surface area contributed by atoms with E-state index in [-0.39, 0.29) is 37.7 Å². The predicted molar refractivity (Wildman–Crippen MR) is 221 cm³/mol. The molecule has 0 N–H and O–H groups in total. The highest BCUT2D eigenvalue weighted by Crippen LogP contribution is 2.17. The van der Waals surface area contributed by atoms with Crippen LogP contribution in [0.4, 0.5) is 9.59 Å². The van der Waals surface area contributed by atoms with Crippen LogP contribution in [0.5, 0.6) is 0 Å². The summed E-state index contributed by atoms with van der Waals surface area (Å²) in [5.74, 6) is -0.699. The molecule has 0 aliphatic rings. The largest absolute Gasteiger partial charge is 0.465 e. The van der Waals surface area contributed by atoms with E-state index in [2.05, 4.69) is 67.0 Å². The van der Waals surface area contributed by atoms with Crippen molar-refractivity contribution >= 4 is 30.2 Å². The second-order valence-corrected chi connectivity index (χ2v) is 15.8. The number of imide groups is 1. The molecule has 56 heavy (non-hydrogen) atoms. The number of hydrogen-bond donors (Lipinski definition) is 0. The van der Waals surface area contributed by atoms with Gasteiger partial charge in [-0.1, -0.05) is 62.3 Å². The Kier molecular flexibility index (Phi) is 24.5. The Labute approximate surface area is 337 Å². The summed E-state index contributed by atoms with van der Waals surface area (Å²) in [5, 5.41) is 0.560. The van der Waals surface area contributed by atoms with Crippen molar-refractivity contribution < 1.29 is 43.0 Å². The first kappa shape index (κ1) is 50.5. The van der Waals surface area contributed by atoms with Gasteiger partial charge in [0, 0.05) is 32.2 Å². The van der Waals surface area contributed by atoms with Gasteiger partial charge in [-0.3, -0.25) is 24.2 Å². The molecule has 0 spiro atoms. The maximum atomic E-state index is 12.7. The van der Waals surface area contributed by atoms with Gasteiger partial charge in [0.2, 0.25) is 0 Å². The van der Waals surface area contributed by atoms with Crippen LogP contribution in [0.2, 0.25) is 0 Å². The summed E-state index contributed by atoms with van der Waals surface area (Å²) in [5.41, 5.74) is 0.570. The van der Waals surface area contributed by atoms with E-state index in [9.17, 15) is 19.2 Å². The van der Waals surface area contributed by atoms with E-state index in [1.54, 1.807) is 55.4 Å². The van der Waals surface area contributed by atoms with Gasteiger partial charge in [-0.25, -0.2) is 9.59 Å². The molecule has 0 saturated heterocycles. The number of amides is 2. The molecular weight excluding hydrogens is 716 g/mol. The lowest BCUT2D eigenvalue weighted by Crippen LogP contribution is -2.46. The van der Waals surface area contributed by atoms with Gasteiger partial charge in [-0.05, 0) is 118 Å². The summed E-state index contributed by atoms with van der Waals surface area (Å²) in [6, 6.07) is 8.56. The lowest BCUT2D eigenvalue weighted by Gasteiger charge is -2.34. The van der Waals surface area contributed by atoms with Crippen LogP contribution >= 0.6 is 0 Å². The fraction of sp³-hybridized carbons (Fsp3) is 0.721. The van der Waals surface area contributed by atoms with Crippen LogP contribution in [0.15, 0.2) is 30.3 Å². The minimum absolute atomic E-state index is 0.0363. The van der Waals surface area contributed by atoms with Crippen molar-refractivity contribution in [3.63, 3.8) is 0 Å². The number of aryl methyl sites for hydroxylation is 1. The van der Waals surface area contributed by atoms with Gasteiger partial charge in [0.1, 0.15) is 11.2 Å². The number of hydrogen-bond acceptors (Lipinski definition) is 12. The third kappa shape index (κ3) is 22.9. The topological polar surface area (TPSA) is 127 Å². The maximum Gasteiger partial charge on any atom is 0.444 e. The standard InChI is InChI=1S/C43H74N4O9/c1-12-26-44(27-13-2)28-30-46(31-29-45(33-38(48)52-15-4)34-39(49)53-16-5)37(14-3)21-17-19-35-22-24-36(25-23-35)20-18-32-54-47(40(50)55-42(6,7)8)41(51)56-43(9,10)11/h17,19,22-25,37H,12-16,18,20-21,26-34H2,1-11H3/b19-17+. The number of rotatable bonds is 26. The zero-order chi connectivity index (χ0) is 42.1. The highest BCUT2D eigenvalue weighted by molar-refractivity contribution is 5.86. The second-order valence-electron chi connectivity index (χ2n) is 15.8. The number of carbonyl (C=O) groups excluding carboxylic acids is 4. The summed E-state index contributed by atoms with van der Waals surface area (Å²) in [4.78, 5) is 62.6. The van der Waals surface area contributed by atoms with E-state index >= 15 is 0 Å². The number of esters is 2. The van der Waals surface area contributed by atoms with Crippen LogP contribution in [0.3, 0.4) is 0 Å². The van der Waals surface area contributed by atoms with Gasteiger partial charge in [0.05, 0.1) is 32.9 Å². The number of hydroxylamine groups is 2. The molecule has 0 aliphatic heterocycles. The Hall–Kier alpha value is -3.52. The number of benzene rings is 1. The molecule has 0 aromatic heterocycles. The van der Waals surface area contributed by atoms with Gasteiger partial charge >= 0.3 is 24.1 Å². The van der Waals surface area contributed by atoms with Gasteiger partial charge in [-0.15, -0.1) is 0 Å². The average Bonchev–Trinajstić information content (AvgIpc) is 3.09. The summed E-state index contributed by atoms with van der Waals surface area (Å²) in [6.07, 6.45) is 7.76. The Morgan fingerprint density at radius 2 is 1.18 bits per heavy atom. The molecule has 0 heterocycles. The SMILES string of the molecule is CCCN(CCC)CCN(CCN(CC(=O)OCC)CC(=O)OCC)C(CC)C/C=C/c1ccc(CCCON(C(=O)OC(C)(C)C)C(=O)OC(C)(C)C)cc1. The highest BCUT2D eigenvalue weighted by atomic mass is 16.8. The van der Waals surface area contributed by atoms with Crippen molar-refractivity contribution in [2.75, 3.05) is 72.2 Å².